The second kappa shape index (κ2) is 13.0. The van der Waals surface area contributed by atoms with Crippen molar-refractivity contribution in [2.75, 3.05) is 23.8 Å². The van der Waals surface area contributed by atoms with Gasteiger partial charge in [0.25, 0.3) is 0 Å². The van der Waals surface area contributed by atoms with Gasteiger partial charge in [0.2, 0.25) is 11.9 Å². The van der Waals surface area contributed by atoms with E-state index in [4.69, 9.17) is 4.74 Å². The van der Waals surface area contributed by atoms with Crippen molar-refractivity contribution in [3.63, 3.8) is 0 Å². The van der Waals surface area contributed by atoms with Crippen LogP contribution in [-0.2, 0) is 17.8 Å². The number of anilines is 2. The van der Waals surface area contributed by atoms with Crippen LogP contribution in [0.3, 0.4) is 0 Å². The van der Waals surface area contributed by atoms with E-state index in [9.17, 15) is 9.18 Å². The Balaban J connectivity index is 1.41. The predicted octanol–water partition coefficient (Wildman–Crippen LogP) is 4.75. The van der Waals surface area contributed by atoms with Gasteiger partial charge in [0, 0.05) is 24.7 Å². The molecule has 1 atom stereocenters. The molecule has 0 aliphatic heterocycles. The van der Waals surface area contributed by atoms with Gasteiger partial charge in [0.1, 0.15) is 30.0 Å². The summed E-state index contributed by atoms with van der Waals surface area (Å²) in [5.74, 6) is 1.22. The molecule has 1 amide bonds. The molecule has 0 saturated heterocycles. The average Bonchev–Trinajstić information content (AvgIpc) is 2.90. The zero-order chi connectivity index (χ0) is 25.9. The summed E-state index contributed by atoms with van der Waals surface area (Å²) in [6, 6.07) is 26.7. The van der Waals surface area contributed by atoms with Gasteiger partial charge in [-0.1, -0.05) is 60.7 Å². The molecule has 0 saturated carbocycles. The Hall–Kier alpha value is -4.46. The fourth-order valence-corrected chi connectivity index (χ4v) is 3.77. The maximum atomic E-state index is 13.5. The smallest absolute Gasteiger partial charge is 0.243 e. The van der Waals surface area contributed by atoms with Crippen molar-refractivity contribution < 1.29 is 13.9 Å². The first-order valence-electron chi connectivity index (χ1n) is 12.2. The summed E-state index contributed by atoms with van der Waals surface area (Å²) in [5.41, 5.74) is 2.44. The highest BCUT2D eigenvalue weighted by Crippen LogP contribution is 2.14. The predicted molar refractivity (Wildman–Crippen MR) is 143 cm³/mol. The van der Waals surface area contributed by atoms with Crippen LogP contribution in [0.25, 0.3) is 0 Å². The van der Waals surface area contributed by atoms with Crippen LogP contribution >= 0.6 is 0 Å². The lowest BCUT2D eigenvalue weighted by molar-refractivity contribution is -0.122. The van der Waals surface area contributed by atoms with Crippen molar-refractivity contribution in [1.29, 1.82) is 0 Å². The molecular weight excluding hydrogens is 469 g/mol. The fraction of sp³-hybridized carbons (Fsp3) is 0.207. The van der Waals surface area contributed by atoms with Crippen LogP contribution in [0.5, 0.6) is 5.75 Å². The number of carbonyl (C=O) groups excluding carboxylic acids is 1. The number of nitrogens with zero attached hydrogens (tertiary/aromatic N) is 2. The summed E-state index contributed by atoms with van der Waals surface area (Å²) >= 11 is 0. The van der Waals surface area contributed by atoms with Gasteiger partial charge < -0.3 is 20.7 Å². The molecule has 1 heterocycles. The summed E-state index contributed by atoms with van der Waals surface area (Å²) in [5, 5.41) is 9.35. The third kappa shape index (κ3) is 8.31. The number of ether oxygens (including phenoxy) is 1. The minimum absolute atomic E-state index is 0.213. The first kappa shape index (κ1) is 25.6. The summed E-state index contributed by atoms with van der Waals surface area (Å²) in [6.07, 6.45) is 0.451. The van der Waals surface area contributed by atoms with Gasteiger partial charge in [-0.05, 0) is 42.3 Å². The van der Waals surface area contributed by atoms with Crippen molar-refractivity contribution >= 4 is 17.7 Å². The van der Waals surface area contributed by atoms with Gasteiger partial charge in [-0.15, -0.1) is 0 Å². The molecule has 37 heavy (non-hydrogen) atoms. The number of benzene rings is 3. The van der Waals surface area contributed by atoms with Gasteiger partial charge >= 0.3 is 0 Å². The number of para-hydroxylation sites is 1. The largest absolute Gasteiger partial charge is 0.492 e. The quantitative estimate of drug-likeness (QED) is 0.244. The number of aryl methyl sites for hydroxylation is 1. The molecule has 7 nitrogen and oxygen atoms in total. The summed E-state index contributed by atoms with van der Waals surface area (Å²) in [4.78, 5) is 22.2. The molecule has 4 aromatic rings. The monoisotopic (exact) mass is 499 g/mol. The molecule has 0 unspecified atom stereocenters. The Kier molecular flexibility index (Phi) is 9.02. The SMILES string of the molecule is Cc1cc(N[C@@H](Cc2ccccc2)C(=O)NCc2cccc(F)c2)nc(NCCOc2ccccc2)n1. The van der Waals surface area contributed by atoms with E-state index >= 15 is 0 Å². The molecule has 3 aromatic carbocycles. The molecule has 0 fully saturated rings. The Labute approximate surface area is 216 Å². The molecule has 4 rings (SSSR count). The topological polar surface area (TPSA) is 88.2 Å². The first-order valence-corrected chi connectivity index (χ1v) is 12.2. The molecule has 8 heteroatoms. The van der Waals surface area contributed by atoms with Gasteiger partial charge in [-0.2, -0.15) is 4.98 Å². The van der Waals surface area contributed by atoms with Crippen LogP contribution in [0.2, 0.25) is 0 Å². The van der Waals surface area contributed by atoms with E-state index in [-0.39, 0.29) is 18.3 Å². The lowest BCUT2D eigenvalue weighted by atomic mass is 10.0. The lowest BCUT2D eigenvalue weighted by Gasteiger charge is -2.20. The van der Waals surface area contributed by atoms with Gasteiger partial charge in [-0.3, -0.25) is 4.79 Å². The third-order valence-corrected chi connectivity index (χ3v) is 5.53. The van der Waals surface area contributed by atoms with Crippen molar-refractivity contribution in [1.82, 2.24) is 15.3 Å². The molecule has 190 valence electrons. The minimum Gasteiger partial charge on any atom is -0.492 e. The van der Waals surface area contributed by atoms with Crippen LogP contribution in [0.1, 0.15) is 16.8 Å². The molecule has 3 N–H and O–H groups in total. The van der Waals surface area contributed by atoms with E-state index < -0.39 is 6.04 Å². The lowest BCUT2D eigenvalue weighted by Crippen LogP contribution is -2.41. The molecule has 0 radical (unpaired) electrons. The first-order chi connectivity index (χ1) is 18.0. The van der Waals surface area contributed by atoms with Crippen molar-refractivity contribution in [2.24, 2.45) is 0 Å². The molecule has 0 bridgehead atoms. The molecule has 0 spiro atoms. The van der Waals surface area contributed by atoms with E-state index in [2.05, 4.69) is 25.9 Å². The average molecular weight is 500 g/mol. The maximum Gasteiger partial charge on any atom is 0.243 e. The van der Waals surface area contributed by atoms with Crippen LogP contribution in [0, 0.1) is 12.7 Å². The highest BCUT2D eigenvalue weighted by Gasteiger charge is 2.20. The number of amides is 1. The van der Waals surface area contributed by atoms with Crippen LogP contribution < -0.4 is 20.7 Å². The van der Waals surface area contributed by atoms with Gasteiger partial charge in [-0.25, -0.2) is 9.37 Å². The van der Waals surface area contributed by atoms with E-state index in [0.29, 0.717) is 36.9 Å². The zero-order valence-electron chi connectivity index (χ0n) is 20.7. The second-order valence-corrected chi connectivity index (χ2v) is 8.54. The van der Waals surface area contributed by atoms with Crippen LogP contribution in [-0.4, -0.2) is 35.1 Å². The Morgan fingerprint density at radius 1 is 0.919 bits per heavy atom. The molecular formula is C29H30FN5O2. The second-order valence-electron chi connectivity index (χ2n) is 8.54. The highest BCUT2D eigenvalue weighted by atomic mass is 19.1. The van der Waals surface area contributed by atoms with Crippen LogP contribution in [0.4, 0.5) is 16.2 Å². The number of aromatic nitrogens is 2. The van der Waals surface area contributed by atoms with E-state index in [1.807, 2.05) is 67.6 Å². The van der Waals surface area contributed by atoms with Crippen molar-refractivity contribution in [3.8, 4) is 5.75 Å². The number of carbonyl (C=O) groups is 1. The standard InChI is InChI=1S/C29H30FN5O2/c1-21-17-27(35-29(33-21)31-15-16-37-25-13-6-3-7-14-25)34-26(19-22-9-4-2-5-10-22)28(36)32-20-23-11-8-12-24(30)18-23/h2-14,17-18,26H,15-16,19-20H2,1H3,(H,32,36)(H2,31,33,34,35)/t26-/m0/s1. The highest BCUT2D eigenvalue weighted by molar-refractivity contribution is 5.84. The Morgan fingerprint density at radius 2 is 1.65 bits per heavy atom. The number of halogens is 1. The van der Waals surface area contributed by atoms with E-state index in [0.717, 1.165) is 17.0 Å². The summed E-state index contributed by atoms with van der Waals surface area (Å²) in [6.45, 7) is 3.05. The Morgan fingerprint density at radius 3 is 2.41 bits per heavy atom. The maximum absolute atomic E-state index is 13.5. The van der Waals surface area contributed by atoms with Gasteiger partial charge in [0.15, 0.2) is 0 Å². The molecule has 1 aromatic heterocycles. The fourth-order valence-electron chi connectivity index (χ4n) is 3.77. The summed E-state index contributed by atoms with van der Waals surface area (Å²) < 4.78 is 19.3. The number of nitrogens with one attached hydrogen (secondary N) is 3. The van der Waals surface area contributed by atoms with E-state index in [1.165, 1.54) is 12.1 Å². The minimum atomic E-state index is -0.598. The van der Waals surface area contributed by atoms with Crippen LogP contribution in [0.15, 0.2) is 91.0 Å². The number of rotatable bonds is 12. The zero-order valence-corrected chi connectivity index (χ0v) is 20.7. The van der Waals surface area contributed by atoms with E-state index in [1.54, 1.807) is 18.2 Å². The van der Waals surface area contributed by atoms with Crippen molar-refractivity contribution in [2.45, 2.75) is 25.9 Å². The molecule has 0 aliphatic carbocycles. The number of hydrogen-bond acceptors (Lipinski definition) is 6. The normalized spacial score (nSPS) is 11.4. The third-order valence-electron chi connectivity index (χ3n) is 5.53. The summed E-state index contributed by atoms with van der Waals surface area (Å²) in [7, 11) is 0. The number of hydrogen-bond donors (Lipinski definition) is 3. The van der Waals surface area contributed by atoms with Gasteiger partial charge in [0.05, 0.1) is 6.54 Å². The Bertz CT molecular complexity index is 1290. The van der Waals surface area contributed by atoms with Crippen molar-refractivity contribution in [3.05, 3.63) is 114 Å². The molecule has 0 aliphatic rings.